The summed E-state index contributed by atoms with van der Waals surface area (Å²) in [4.78, 5) is 26.8. The summed E-state index contributed by atoms with van der Waals surface area (Å²) in [6.45, 7) is 3.27. The molecule has 3 aromatic rings. The number of amides is 1. The van der Waals surface area contributed by atoms with E-state index in [1.165, 1.54) is 37.1 Å². The number of halogens is 3. The molecule has 0 saturated heterocycles. The van der Waals surface area contributed by atoms with Crippen molar-refractivity contribution in [1.82, 2.24) is 4.57 Å². The Morgan fingerprint density at radius 3 is 2.53 bits per heavy atom. The van der Waals surface area contributed by atoms with E-state index < -0.39 is 23.3 Å². The van der Waals surface area contributed by atoms with Crippen LogP contribution in [0.5, 0.6) is 0 Å². The lowest BCUT2D eigenvalue weighted by molar-refractivity contribution is -0.144. The lowest BCUT2D eigenvalue weighted by Crippen LogP contribution is -2.30. The van der Waals surface area contributed by atoms with Crippen LogP contribution in [0.25, 0.3) is 10.1 Å². The number of anilines is 2. The molecule has 2 N–H and O–H groups in total. The number of carbonyl (C=O) groups is 1. The van der Waals surface area contributed by atoms with Gasteiger partial charge in [-0.15, -0.1) is 23.1 Å². The van der Waals surface area contributed by atoms with Gasteiger partial charge in [0.1, 0.15) is 16.3 Å². The topological polar surface area (TPSA) is 63.1 Å². The molecule has 0 aliphatic carbocycles. The zero-order valence-electron chi connectivity index (χ0n) is 16.5. The third-order valence-corrected chi connectivity index (χ3v) is 6.75. The van der Waals surface area contributed by atoms with Gasteiger partial charge in [-0.05, 0) is 24.8 Å². The number of thiophene rings is 1. The zero-order valence-corrected chi connectivity index (χ0v) is 18.1. The second kappa shape index (κ2) is 8.73. The van der Waals surface area contributed by atoms with Crippen LogP contribution in [0.2, 0.25) is 0 Å². The number of nitrogens with one attached hydrogen (secondary N) is 2. The maximum Gasteiger partial charge on any atom is 0.431 e. The Morgan fingerprint density at radius 2 is 1.93 bits per heavy atom. The molecule has 0 radical (unpaired) electrons. The van der Waals surface area contributed by atoms with Gasteiger partial charge in [0.2, 0.25) is 0 Å². The van der Waals surface area contributed by atoms with Crippen LogP contribution in [-0.4, -0.2) is 23.3 Å². The molecule has 0 aliphatic rings. The van der Waals surface area contributed by atoms with Crippen molar-refractivity contribution >= 4 is 50.5 Å². The van der Waals surface area contributed by atoms with Crippen molar-refractivity contribution in [2.45, 2.75) is 31.5 Å². The summed E-state index contributed by atoms with van der Waals surface area (Å²) in [5.41, 5.74) is -2.24. The Balaban J connectivity index is 2.12. The van der Waals surface area contributed by atoms with Gasteiger partial charge in [0.25, 0.3) is 11.5 Å². The number of pyridine rings is 1. The highest BCUT2D eigenvalue weighted by Gasteiger charge is 2.36. The molecule has 1 aromatic carbocycles. The minimum Gasteiger partial charge on any atom is -0.382 e. The van der Waals surface area contributed by atoms with Gasteiger partial charge in [0.15, 0.2) is 0 Å². The number of carbonyl (C=O) groups excluding carboxylic acids is 1. The highest BCUT2D eigenvalue weighted by atomic mass is 32.2. The molecule has 30 heavy (non-hydrogen) atoms. The lowest BCUT2D eigenvalue weighted by Gasteiger charge is -2.19. The number of benzene rings is 1. The van der Waals surface area contributed by atoms with E-state index >= 15 is 0 Å². The van der Waals surface area contributed by atoms with E-state index in [-0.39, 0.29) is 17.9 Å². The van der Waals surface area contributed by atoms with E-state index in [0.717, 1.165) is 26.8 Å². The summed E-state index contributed by atoms with van der Waals surface area (Å²) < 4.78 is 42.0. The first-order chi connectivity index (χ1) is 14.2. The van der Waals surface area contributed by atoms with Gasteiger partial charge in [-0.25, -0.2) is 0 Å². The number of aromatic nitrogens is 1. The van der Waals surface area contributed by atoms with Crippen molar-refractivity contribution in [3.63, 3.8) is 0 Å². The summed E-state index contributed by atoms with van der Waals surface area (Å²) in [6, 6.07) is 8.33. The lowest BCUT2D eigenvalue weighted by atomic mass is 10.2. The van der Waals surface area contributed by atoms with Crippen LogP contribution in [0, 0.1) is 0 Å². The average Bonchev–Trinajstić information content (AvgIpc) is 3.06. The molecule has 1 amide bonds. The quantitative estimate of drug-likeness (QED) is 0.481. The van der Waals surface area contributed by atoms with Crippen LogP contribution in [0.4, 0.5) is 24.5 Å². The smallest absolute Gasteiger partial charge is 0.382 e. The highest BCUT2D eigenvalue weighted by molar-refractivity contribution is 7.99. The van der Waals surface area contributed by atoms with Crippen LogP contribution in [0.3, 0.4) is 0 Å². The largest absolute Gasteiger partial charge is 0.431 e. The van der Waals surface area contributed by atoms with Gasteiger partial charge < -0.3 is 15.2 Å². The number of hydrogen-bond acceptors (Lipinski definition) is 5. The monoisotopic (exact) mass is 455 g/mol. The minimum absolute atomic E-state index is 0.0935. The second-order valence-corrected chi connectivity index (χ2v) is 8.59. The maximum atomic E-state index is 13.5. The van der Waals surface area contributed by atoms with Crippen molar-refractivity contribution in [3.05, 3.63) is 51.3 Å². The molecule has 10 heteroatoms. The van der Waals surface area contributed by atoms with Crippen molar-refractivity contribution in [2.75, 3.05) is 23.4 Å². The first-order valence-corrected chi connectivity index (χ1v) is 11.0. The summed E-state index contributed by atoms with van der Waals surface area (Å²) in [5.74, 6) is 0.179. The number of alkyl halides is 3. The SMILES string of the molecule is CCSc1c(C(=O)Nc2cc(C(F)(F)F)n(CC)c(=O)c2NC)sc2ccccc12. The minimum atomic E-state index is -4.73. The number of fused-ring (bicyclic) bond motifs is 1. The van der Waals surface area contributed by atoms with Crippen molar-refractivity contribution in [1.29, 1.82) is 0 Å². The molecule has 0 aliphatic heterocycles. The second-order valence-electron chi connectivity index (χ2n) is 6.26. The van der Waals surface area contributed by atoms with Gasteiger partial charge in [-0.3, -0.25) is 9.59 Å². The van der Waals surface area contributed by atoms with Crippen molar-refractivity contribution < 1.29 is 18.0 Å². The highest BCUT2D eigenvalue weighted by Crippen LogP contribution is 2.39. The Morgan fingerprint density at radius 1 is 1.23 bits per heavy atom. The van der Waals surface area contributed by atoms with Crippen molar-refractivity contribution in [3.8, 4) is 0 Å². The van der Waals surface area contributed by atoms with Gasteiger partial charge in [-0.1, -0.05) is 25.1 Å². The molecular formula is C20H20F3N3O2S2. The van der Waals surface area contributed by atoms with Crippen LogP contribution in [-0.2, 0) is 12.7 Å². The van der Waals surface area contributed by atoms with Gasteiger partial charge in [0, 0.05) is 28.6 Å². The molecule has 0 bridgehead atoms. The van der Waals surface area contributed by atoms with Gasteiger partial charge >= 0.3 is 6.18 Å². The number of hydrogen-bond donors (Lipinski definition) is 2. The third-order valence-electron chi connectivity index (χ3n) is 4.45. The fourth-order valence-electron chi connectivity index (χ4n) is 3.17. The van der Waals surface area contributed by atoms with Crippen LogP contribution < -0.4 is 16.2 Å². The third kappa shape index (κ3) is 4.06. The molecule has 0 saturated carbocycles. The summed E-state index contributed by atoms with van der Waals surface area (Å²) in [7, 11) is 1.43. The van der Waals surface area contributed by atoms with E-state index in [1.807, 2.05) is 31.2 Å². The molecule has 2 aromatic heterocycles. The predicted molar refractivity (Wildman–Crippen MR) is 117 cm³/mol. The van der Waals surface area contributed by atoms with E-state index in [4.69, 9.17) is 0 Å². The van der Waals surface area contributed by atoms with E-state index in [9.17, 15) is 22.8 Å². The standard InChI is InChI=1S/C20H20F3N3O2S2/c1-4-26-14(20(21,22)23)10-12(15(24-3)19(26)28)25-18(27)17-16(29-5-2)11-8-6-7-9-13(11)30-17/h6-10,24H,4-5H2,1-3H3,(H,25,27). The first kappa shape index (κ1) is 22.2. The van der Waals surface area contributed by atoms with E-state index in [0.29, 0.717) is 9.44 Å². The van der Waals surface area contributed by atoms with Crippen molar-refractivity contribution in [2.24, 2.45) is 0 Å². The van der Waals surface area contributed by atoms with E-state index in [1.54, 1.807) is 0 Å². The molecule has 0 atom stereocenters. The van der Waals surface area contributed by atoms with Gasteiger partial charge in [-0.2, -0.15) is 13.2 Å². The Kier molecular flexibility index (Phi) is 6.47. The Bertz CT molecular complexity index is 1150. The molecule has 0 fully saturated rings. The fourth-order valence-corrected chi connectivity index (χ4v) is 5.38. The maximum absolute atomic E-state index is 13.5. The normalized spacial score (nSPS) is 11.7. The summed E-state index contributed by atoms with van der Waals surface area (Å²) >= 11 is 2.76. The molecule has 0 spiro atoms. The van der Waals surface area contributed by atoms with Crippen LogP contribution in [0.1, 0.15) is 29.2 Å². The summed E-state index contributed by atoms with van der Waals surface area (Å²) in [5, 5.41) is 6.07. The number of rotatable bonds is 6. The molecule has 160 valence electrons. The van der Waals surface area contributed by atoms with Crippen LogP contribution in [0.15, 0.2) is 40.0 Å². The molecule has 3 rings (SSSR count). The Labute approximate surface area is 179 Å². The summed E-state index contributed by atoms with van der Waals surface area (Å²) in [6.07, 6.45) is -4.73. The molecule has 5 nitrogen and oxygen atoms in total. The molecular weight excluding hydrogens is 435 g/mol. The van der Waals surface area contributed by atoms with Gasteiger partial charge in [0.05, 0.1) is 5.69 Å². The predicted octanol–water partition coefficient (Wildman–Crippen LogP) is 5.51. The van der Waals surface area contributed by atoms with Crippen LogP contribution >= 0.6 is 23.1 Å². The average molecular weight is 456 g/mol. The zero-order chi connectivity index (χ0) is 22.1. The number of nitrogens with zero attached hydrogens (tertiary/aromatic N) is 1. The molecule has 2 heterocycles. The number of thioether (sulfide) groups is 1. The first-order valence-electron chi connectivity index (χ1n) is 9.21. The fraction of sp³-hybridized carbons (Fsp3) is 0.300. The van der Waals surface area contributed by atoms with E-state index in [2.05, 4.69) is 10.6 Å². The molecule has 0 unspecified atom stereocenters. The Hall–Kier alpha value is -2.46.